The molecule has 3 atom stereocenters. The highest BCUT2D eigenvalue weighted by Crippen LogP contribution is 2.46. The third-order valence-corrected chi connectivity index (χ3v) is 4.44. The summed E-state index contributed by atoms with van der Waals surface area (Å²) in [7, 11) is 0. The van der Waals surface area contributed by atoms with Gasteiger partial charge < -0.3 is 15.8 Å². The molecule has 0 aromatic heterocycles. The van der Waals surface area contributed by atoms with Crippen LogP contribution < -0.4 is 15.8 Å². The van der Waals surface area contributed by atoms with Crippen LogP contribution in [-0.2, 0) is 0 Å². The standard InChI is InChI=1S/C15H22N2O/c1-2-18-14-5-3-4-12(15(14)16)17-13-9-10-6-7-11(13)8-10/h3-5,10-11,13,17H,2,6-9,16H2,1H3. The Kier molecular flexibility index (Phi) is 3.06. The number of hydrogen-bond donors (Lipinski definition) is 2. The summed E-state index contributed by atoms with van der Waals surface area (Å²) in [5.41, 5.74) is 7.95. The van der Waals surface area contributed by atoms with E-state index in [0.717, 1.165) is 29.0 Å². The smallest absolute Gasteiger partial charge is 0.144 e. The average molecular weight is 246 g/mol. The van der Waals surface area contributed by atoms with Crippen molar-refractivity contribution in [2.24, 2.45) is 11.8 Å². The minimum atomic E-state index is 0.614. The van der Waals surface area contributed by atoms with Gasteiger partial charge in [0.2, 0.25) is 0 Å². The molecule has 0 heterocycles. The molecule has 2 aliphatic carbocycles. The average Bonchev–Trinajstić information content (AvgIpc) is 2.96. The van der Waals surface area contributed by atoms with Crippen LogP contribution in [0.4, 0.5) is 11.4 Å². The highest BCUT2D eigenvalue weighted by molar-refractivity contribution is 5.73. The zero-order chi connectivity index (χ0) is 12.5. The maximum atomic E-state index is 6.16. The molecule has 18 heavy (non-hydrogen) atoms. The minimum Gasteiger partial charge on any atom is -0.492 e. The molecule has 3 heteroatoms. The van der Waals surface area contributed by atoms with Gasteiger partial charge in [-0.15, -0.1) is 0 Å². The summed E-state index contributed by atoms with van der Waals surface area (Å²) in [6, 6.07) is 6.62. The maximum absolute atomic E-state index is 6.16. The molecular formula is C15H22N2O. The third-order valence-electron chi connectivity index (χ3n) is 4.44. The first-order valence-electron chi connectivity index (χ1n) is 7.05. The van der Waals surface area contributed by atoms with Gasteiger partial charge in [-0.05, 0) is 50.2 Å². The van der Waals surface area contributed by atoms with E-state index in [1.54, 1.807) is 0 Å². The molecule has 2 bridgehead atoms. The van der Waals surface area contributed by atoms with Gasteiger partial charge in [0.1, 0.15) is 5.75 Å². The van der Waals surface area contributed by atoms with Crippen LogP contribution in [0.5, 0.6) is 5.75 Å². The summed E-state index contributed by atoms with van der Waals surface area (Å²) in [6.45, 7) is 2.64. The van der Waals surface area contributed by atoms with Gasteiger partial charge in [-0.1, -0.05) is 12.5 Å². The van der Waals surface area contributed by atoms with Gasteiger partial charge in [-0.2, -0.15) is 0 Å². The number of rotatable bonds is 4. The first-order chi connectivity index (χ1) is 8.78. The van der Waals surface area contributed by atoms with Crippen LogP contribution in [0, 0.1) is 11.8 Å². The van der Waals surface area contributed by atoms with E-state index < -0.39 is 0 Å². The van der Waals surface area contributed by atoms with Crippen molar-refractivity contribution in [3.05, 3.63) is 18.2 Å². The fraction of sp³-hybridized carbons (Fsp3) is 0.600. The van der Waals surface area contributed by atoms with Crippen LogP contribution in [0.25, 0.3) is 0 Å². The molecule has 98 valence electrons. The van der Waals surface area contributed by atoms with E-state index in [0.29, 0.717) is 12.6 Å². The van der Waals surface area contributed by atoms with Crippen molar-refractivity contribution in [1.82, 2.24) is 0 Å². The number of nitrogen functional groups attached to an aromatic ring is 1. The summed E-state index contributed by atoms with van der Waals surface area (Å²) >= 11 is 0. The first kappa shape index (κ1) is 11.7. The molecule has 0 aliphatic heterocycles. The molecule has 3 unspecified atom stereocenters. The van der Waals surface area contributed by atoms with E-state index in [9.17, 15) is 0 Å². The molecule has 3 N–H and O–H groups in total. The van der Waals surface area contributed by atoms with Crippen LogP contribution in [0.3, 0.4) is 0 Å². The Labute approximate surface area is 109 Å². The van der Waals surface area contributed by atoms with Crippen LogP contribution in [-0.4, -0.2) is 12.6 Å². The molecular weight excluding hydrogens is 224 g/mol. The zero-order valence-corrected chi connectivity index (χ0v) is 11.0. The van der Waals surface area contributed by atoms with Gasteiger partial charge in [0, 0.05) is 6.04 Å². The van der Waals surface area contributed by atoms with E-state index in [2.05, 4.69) is 11.4 Å². The Hall–Kier alpha value is -1.38. The van der Waals surface area contributed by atoms with Gasteiger partial charge in [0.05, 0.1) is 18.0 Å². The van der Waals surface area contributed by atoms with Gasteiger partial charge in [-0.25, -0.2) is 0 Å². The van der Waals surface area contributed by atoms with Crippen LogP contribution in [0.2, 0.25) is 0 Å². The van der Waals surface area contributed by atoms with Gasteiger partial charge >= 0.3 is 0 Å². The molecule has 0 spiro atoms. The lowest BCUT2D eigenvalue weighted by molar-refractivity contribution is 0.342. The van der Waals surface area contributed by atoms with Crippen molar-refractivity contribution in [3.8, 4) is 5.75 Å². The first-order valence-corrected chi connectivity index (χ1v) is 7.05. The SMILES string of the molecule is CCOc1cccc(NC2CC3CCC2C3)c1N. The van der Waals surface area contributed by atoms with Crippen molar-refractivity contribution in [1.29, 1.82) is 0 Å². The van der Waals surface area contributed by atoms with Crippen LogP contribution in [0.15, 0.2) is 18.2 Å². The van der Waals surface area contributed by atoms with Crippen LogP contribution >= 0.6 is 0 Å². The predicted octanol–water partition coefficient (Wildman–Crippen LogP) is 3.27. The largest absolute Gasteiger partial charge is 0.492 e. The molecule has 1 aromatic carbocycles. The summed E-state index contributed by atoms with van der Waals surface area (Å²) in [5, 5.41) is 3.63. The van der Waals surface area contributed by atoms with E-state index in [1.807, 2.05) is 19.1 Å². The highest BCUT2D eigenvalue weighted by atomic mass is 16.5. The molecule has 0 radical (unpaired) electrons. The van der Waals surface area contributed by atoms with Crippen molar-refractivity contribution < 1.29 is 4.74 Å². The second-order valence-corrected chi connectivity index (χ2v) is 5.58. The number of fused-ring (bicyclic) bond motifs is 2. The lowest BCUT2D eigenvalue weighted by Gasteiger charge is -2.25. The minimum absolute atomic E-state index is 0.614. The van der Waals surface area contributed by atoms with E-state index in [-0.39, 0.29) is 0 Å². The molecule has 0 saturated heterocycles. The molecule has 3 rings (SSSR count). The summed E-state index contributed by atoms with van der Waals surface area (Å²) in [6.07, 6.45) is 5.52. The number of anilines is 2. The van der Waals surface area contributed by atoms with Crippen molar-refractivity contribution >= 4 is 11.4 Å². The molecule has 0 amide bonds. The summed E-state index contributed by atoms with van der Waals surface area (Å²) in [5.74, 6) is 2.60. The Morgan fingerprint density at radius 2 is 2.22 bits per heavy atom. The Bertz CT molecular complexity index is 433. The second kappa shape index (κ2) is 4.71. The quantitative estimate of drug-likeness (QED) is 0.802. The molecule has 2 aliphatic rings. The fourth-order valence-electron chi connectivity index (χ4n) is 3.57. The summed E-state index contributed by atoms with van der Waals surface area (Å²) in [4.78, 5) is 0. The molecule has 2 fully saturated rings. The number of hydrogen-bond acceptors (Lipinski definition) is 3. The van der Waals surface area contributed by atoms with Crippen molar-refractivity contribution in [3.63, 3.8) is 0 Å². The van der Waals surface area contributed by atoms with Gasteiger partial charge in [0.25, 0.3) is 0 Å². The summed E-state index contributed by atoms with van der Waals surface area (Å²) < 4.78 is 5.54. The Balaban J connectivity index is 1.74. The fourth-order valence-corrected chi connectivity index (χ4v) is 3.57. The van der Waals surface area contributed by atoms with Crippen molar-refractivity contribution in [2.75, 3.05) is 17.7 Å². The molecule has 2 saturated carbocycles. The monoisotopic (exact) mass is 246 g/mol. The number of ether oxygens (including phenoxy) is 1. The Morgan fingerprint density at radius 1 is 1.33 bits per heavy atom. The van der Waals surface area contributed by atoms with E-state index >= 15 is 0 Å². The molecule has 1 aromatic rings. The van der Waals surface area contributed by atoms with E-state index in [4.69, 9.17) is 10.5 Å². The van der Waals surface area contributed by atoms with Gasteiger partial charge in [0.15, 0.2) is 0 Å². The number of nitrogens with one attached hydrogen (secondary N) is 1. The topological polar surface area (TPSA) is 47.3 Å². The van der Waals surface area contributed by atoms with Crippen LogP contribution in [0.1, 0.15) is 32.6 Å². The zero-order valence-electron chi connectivity index (χ0n) is 11.0. The van der Waals surface area contributed by atoms with E-state index in [1.165, 1.54) is 25.7 Å². The normalized spacial score (nSPS) is 29.5. The van der Waals surface area contributed by atoms with Gasteiger partial charge in [-0.3, -0.25) is 0 Å². The number of benzene rings is 1. The second-order valence-electron chi connectivity index (χ2n) is 5.58. The predicted molar refractivity (Wildman–Crippen MR) is 74.9 cm³/mol. The number of nitrogens with two attached hydrogens (primary N) is 1. The van der Waals surface area contributed by atoms with Crippen molar-refractivity contribution in [2.45, 2.75) is 38.6 Å². The third kappa shape index (κ3) is 2.02. The Morgan fingerprint density at radius 3 is 2.89 bits per heavy atom. The lowest BCUT2D eigenvalue weighted by atomic mass is 9.95. The number of para-hydroxylation sites is 1. The highest BCUT2D eigenvalue weighted by Gasteiger charge is 2.39. The molecule has 3 nitrogen and oxygen atoms in total. The lowest BCUT2D eigenvalue weighted by Crippen LogP contribution is -2.26. The maximum Gasteiger partial charge on any atom is 0.144 e.